The first-order valence-corrected chi connectivity index (χ1v) is 10.6. The molecule has 0 radical (unpaired) electrons. The van der Waals surface area contributed by atoms with Crippen LogP contribution in [0.15, 0.2) is 59.1 Å². The van der Waals surface area contributed by atoms with E-state index in [4.69, 9.17) is 18.7 Å². The Morgan fingerprint density at radius 1 is 0.778 bits per heavy atom. The number of hydrogen-bond acceptors (Lipinski definition) is 7. The summed E-state index contributed by atoms with van der Waals surface area (Å²) in [5, 5.41) is 4.06. The van der Waals surface area contributed by atoms with Gasteiger partial charge in [0.2, 0.25) is 11.6 Å². The molecule has 2 heterocycles. The van der Waals surface area contributed by atoms with Gasteiger partial charge in [-0.25, -0.2) is 4.98 Å². The topological polar surface area (TPSA) is 95.3 Å². The molecular weight excluding hydrogens is 477 g/mol. The second kappa shape index (κ2) is 8.91. The van der Waals surface area contributed by atoms with Gasteiger partial charge in [0.1, 0.15) is 5.82 Å². The molecule has 8 nitrogen and oxygen atoms in total. The summed E-state index contributed by atoms with van der Waals surface area (Å²) in [5.41, 5.74) is 1.96. The average Bonchev–Trinajstić information content (AvgIpc) is 3.54. The van der Waals surface area contributed by atoms with Crippen molar-refractivity contribution in [3.05, 3.63) is 60.2 Å². The lowest BCUT2D eigenvalue weighted by Gasteiger charge is -2.12. The fourth-order valence-electron chi connectivity index (χ4n) is 3.76. The molecule has 0 spiro atoms. The number of methoxy groups -OCH3 is 3. The number of alkyl halides is 3. The molecule has 0 atom stereocenters. The Bertz CT molecular complexity index is 1520. The number of aromatic nitrogens is 4. The summed E-state index contributed by atoms with van der Waals surface area (Å²) in [6, 6.07) is 13.9. The molecule has 0 bridgehead atoms. The number of fused-ring (bicyclic) bond motifs is 1. The third-order valence-electron chi connectivity index (χ3n) is 5.56. The van der Waals surface area contributed by atoms with Crippen molar-refractivity contribution in [1.82, 2.24) is 20.1 Å². The average molecular weight is 496 g/mol. The first-order valence-electron chi connectivity index (χ1n) is 10.6. The standard InChI is InChI=1S/C25H19F3N4O4/c1-33-19-10-15(11-20(34-2)21(19)35-3)24-31-23(32-36-24)14-6-4-13(5-7-14)22-29-17-9-8-16(25(26,27)28)12-18(17)30-22/h4-12H,1-3H3,(H,29,30). The van der Waals surface area contributed by atoms with Crippen molar-refractivity contribution in [2.75, 3.05) is 21.3 Å². The monoisotopic (exact) mass is 496 g/mol. The third-order valence-corrected chi connectivity index (χ3v) is 5.56. The number of aromatic amines is 1. The van der Waals surface area contributed by atoms with Crippen molar-refractivity contribution in [2.24, 2.45) is 0 Å². The molecule has 0 aliphatic heterocycles. The van der Waals surface area contributed by atoms with E-state index in [2.05, 4.69) is 20.1 Å². The maximum atomic E-state index is 13.0. The summed E-state index contributed by atoms with van der Waals surface area (Å²) >= 11 is 0. The Labute approximate surface area is 202 Å². The maximum absolute atomic E-state index is 13.0. The van der Waals surface area contributed by atoms with Crippen LogP contribution in [0.1, 0.15) is 5.56 Å². The van der Waals surface area contributed by atoms with Crippen LogP contribution in [0, 0.1) is 0 Å². The number of imidazole rings is 1. The predicted molar refractivity (Wildman–Crippen MR) is 125 cm³/mol. The van der Waals surface area contributed by atoms with Crippen LogP contribution < -0.4 is 14.2 Å². The zero-order valence-corrected chi connectivity index (χ0v) is 19.3. The summed E-state index contributed by atoms with van der Waals surface area (Å²) in [7, 11) is 4.54. The number of halogens is 3. The zero-order valence-electron chi connectivity index (χ0n) is 19.3. The molecule has 5 rings (SSSR count). The highest BCUT2D eigenvalue weighted by Crippen LogP contribution is 2.41. The van der Waals surface area contributed by atoms with Crippen molar-refractivity contribution in [3.63, 3.8) is 0 Å². The molecule has 1 N–H and O–H groups in total. The largest absolute Gasteiger partial charge is 0.493 e. The highest BCUT2D eigenvalue weighted by atomic mass is 19.4. The van der Waals surface area contributed by atoms with E-state index in [1.807, 2.05) is 0 Å². The van der Waals surface area contributed by atoms with Crippen LogP contribution in [0.4, 0.5) is 13.2 Å². The highest BCUT2D eigenvalue weighted by Gasteiger charge is 2.30. The van der Waals surface area contributed by atoms with Crippen molar-refractivity contribution >= 4 is 11.0 Å². The van der Waals surface area contributed by atoms with Gasteiger partial charge < -0.3 is 23.7 Å². The second-order valence-electron chi connectivity index (χ2n) is 7.73. The first kappa shape index (κ1) is 23.2. The minimum absolute atomic E-state index is 0.256. The van der Waals surface area contributed by atoms with Gasteiger partial charge in [0.05, 0.1) is 37.9 Å². The lowest BCUT2D eigenvalue weighted by Crippen LogP contribution is -2.04. The van der Waals surface area contributed by atoms with Gasteiger partial charge in [-0.15, -0.1) is 0 Å². The number of ether oxygens (including phenoxy) is 3. The Morgan fingerprint density at radius 3 is 2.06 bits per heavy atom. The van der Waals surface area contributed by atoms with E-state index in [0.29, 0.717) is 56.6 Å². The van der Waals surface area contributed by atoms with Crippen molar-refractivity contribution < 1.29 is 31.9 Å². The number of rotatable bonds is 6. The number of nitrogens with one attached hydrogen (secondary N) is 1. The molecule has 2 aromatic heterocycles. The van der Waals surface area contributed by atoms with Crippen LogP contribution in [-0.4, -0.2) is 41.4 Å². The van der Waals surface area contributed by atoms with E-state index >= 15 is 0 Å². The molecule has 36 heavy (non-hydrogen) atoms. The lowest BCUT2D eigenvalue weighted by molar-refractivity contribution is -0.137. The van der Waals surface area contributed by atoms with E-state index < -0.39 is 11.7 Å². The van der Waals surface area contributed by atoms with Crippen molar-refractivity contribution in [3.8, 4) is 51.5 Å². The van der Waals surface area contributed by atoms with Crippen LogP contribution in [0.5, 0.6) is 17.2 Å². The lowest BCUT2D eigenvalue weighted by atomic mass is 10.1. The molecule has 0 aliphatic rings. The Morgan fingerprint density at radius 2 is 1.44 bits per heavy atom. The second-order valence-corrected chi connectivity index (χ2v) is 7.73. The summed E-state index contributed by atoms with van der Waals surface area (Å²) < 4.78 is 60.5. The molecule has 0 aliphatic carbocycles. The number of nitrogens with zero attached hydrogens (tertiary/aromatic N) is 3. The molecule has 0 saturated heterocycles. The van der Waals surface area contributed by atoms with Crippen LogP contribution in [0.25, 0.3) is 45.3 Å². The zero-order chi connectivity index (χ0) is 25.4. The fourth-order valence-corrected chi connectivity index (χ4v) is 3.76. The Hall–Kier alpha value is -4.54. The van der Waals surface area contributed by atoms with Crippen molar-refractivity contribution in [1.29, 1.82) is 0 Å². The fraction of sp³-hybridized carbons (Fsp3) is 0.160. The van der Waals surface area contributed by atoms with Crippen molar-refractivity contribution in [2.45, 2.75) is 6.18 Å². The van der Waals surface area contributed by atoms with Crippen LogP contribution in [0.2, 0.25) is 0 Å². The number of H-pyrrole nitrogens is 1. The summed E-state index contributed by atoms with van der Waals surface area (Å²) in [5.74, 6) is 2.39. The van der Waals surface area contributed by atoms with Gasteiger partial charge in [-0.3, -0.25) is 0 Å². The SMILES string of the molecule is COc1cc(-c2nc(-c3ccc(-c4nc5ccc(C(F)(F)F)cc5[nH]4)cc3)no2)cc(OC)c1OC. The van der Waals surface area contributed by atoms with E-state index in [1.165, 1.54) is 27.4 Å². The van der Waals surface area contributed by atoms with Crippen LogP contribution in [0.3, 0.4) is 0 Å². The van der Waals surface area contributed by atoms with Gasteiger partial charge in [-0.05, 0) is 30.3 Å². The molecule has 0 saturated carbocycles. The summed E-state index contributed by atoms with van der Waals surface area (Å²) in [4.78, 5) is 11.8. The quantitative estimate of drug-likeness (QED) is 0.308. The molecule has 0 unspecified atom stereocenters. The highest BCUT2D eigenvalue weighted by molar-refractivity contribution is 5.80. The third kappa shape index (κ3) is 4.19. The smallest absolute Gasteiger partial charge is 0.416 e. The predicted octanol–water partition coefficient (Wildman–Crippen LogP) is 5.99. The molecule has 0 amide bonds. The minimum Gasteiger partial charge on any atom is -0.493 e. The molecule has 5 aromatic rings. The van der Waals surface area contributed by atoms with E-state index in [1.54, 1.807) is 36.4 Å². The van der Waals surface area contributed by atoms with Gasteiger partial charge in [0.25, 0.3) is 5.89 Å². The normalized spacial score (nSPS) is 11.6. The molecular formula is C25H19F3N4O4. The van der Waals surface area contributed by atoms with Gasteiger partial charge in [0, 0.05) is 16.7 Å². The number of hydrogen-bond donors (Lipinski definition) is 1. The van der Waals surface area contributed by atoms with Crippen LogP contribution >= 0.6 is 0 Å². The van der Waals surface area contributed by atoms with E-state index in [-0.39, 0.29) is 5.89 Å². The molecule has 184 valence electrons. The minimum atomic E-state index is -4.42. The Kier molecular flexibility index (Phi) is 5.75. The van der Waals surface area contributed by atoms with E-state index in [9.17, 15) is 13.2 Å². The Balaban J connectivity index is 1.42. The molecule has 3 aromatic carbocycles. The van der Waals surface area contributed by atoms with Gasteiger partial charge in [-0.1, -0.05) is 29.4 Å². The van der Waals surface area contributed by atoms with Gasteiger partial charge >= 0.3 is 6.18 Å². The van der Waals surface area contributed by atoms with Crippen LogP contribution in [-0.2, 0) is 6.18 Å². The summed E-state index contributed by atoms with van der Waals surface area (Å²) in [6.45, 7) is 0. The maximum Gasteiger partial charge on any atom is 0.416 e. The first-order chi connectivity index (χ1) is 17.3. The van der Waals surface area contributed by atoms with Gasteiger partial charge in [-0.2, -0.15) is 18.2 Å². The molecule has 11 heteroatoms. The number of benzene rings is 3. The van der Waals surface area contributed by atoms with Gasteiger partial charge in [0.15, 0.2) is 11.5 Å². The summed E-state index contributed by atoms with van der Waals surface area (Å²) in [6.07, 6.45) is -4.42. The van der Waals surface area contributed by atoms with E-state index in [0.717, 1.165) is 12.1 Å². The molecule has 0 fully saturated rings.